The fraction of sp³-hybridized carbons (Fsp3) is 0.600. The Hall–Kier alpha value is -1.56. The van der Waals surface area contributed by atoms with E-state index < -0.39 is 0 Å². The second-order valence-corrected chi connectivity index (χ2v) is 6.94. The Morgan fingerprint density at radius 3 is 2.38 bits per heavy atom. The van der Waals surface area contributed by atoms with E-state index in [4.69, 9.17) is 5.73 Å². The van der Waals surface area contributed by atoms with Gasteiger partial charge in [-0.05, 0) is 25.7 Å². The molecule has 1 aliphatic carbocycles. The maximum atomic E-state index is 12.2. The summed E-state index contributed by atoms with van der Waals surface area (Å²) >= 11 is 1.29. The molecule has 1 aliphatic rings. The minimum absolute atomic E-state index is 0.0187. The monoisotopic (exact) mass is 309 g/mol. The minimum Gasteiger partial charge on any atom is -0.397 e. The Labute approximate surface area is 129 Å². The molecule has 1 atom stereocenters. The van der Waals surface area contributed by atoms with Crippen LogP contribution in [-0.4, -0.2) is 24.8 Å². The average molecular weight is 309 g/mol. The maximum absolute atomic E-state index is 12.2. The Bertz CT molecular complexity index is 562. The predicted octanol–water partition coefficient (Wildman–Crippen LogP) is 2.74. The number of carbonyl (C=O) groups is 2. The largest absolute Gasteiger partial charge is 0.397 e. The first-order valence-corrected chi connectivity index (χ1v) is 8.13. The summed E-state index contributed by atoms with van der Waals surface area (Å²) in [6, 6.07) is 0.286. The van der Waals surface area contributed by atoms with Gasteiger partial charge in [-0.25, -0.2) is 0 Å². The van der Waals surface area contributed by atoms with Crippen molar-refractivity contribution in [2.45, 2.75) is 39.7 Å². The van der Waals surface area contributed by atoms with Crippen molar-refractivity contribution in [2.75, 3.05) is 18.1 Å². The molecule has 1 amide bonds. The summed E-state index contributed by atoms with van der Waals surface area (Å²) in [5, 5.41) is 6.67. The van der Waals surface area contributed by atoms with Crippen LogP contribution in [0.25, 0.3) is 0 Å². The normalized spacial score (nSPS) is 15.9. The summed E-state index contributed by atoms with van der Waals surface area (Å²) in [5.74, 6) is 0.235. The first-order chi connectivity index (χ1) is 9.86. The summed E-state index contributed by atoms with van der Waals surface area (Å²) < 4.78 is 0. The van der Waals surface area contributed by atoms with Gasteiger partial charge in [-0.1, -0.05) is 13.8 Å². The molecule has 0 saturated heterocycles. The molecule has 5 nitrogen and oxygen atoms in total. The number of hydrogen-bond acceptors (Lipinski definition) is 5. The van der Waals surface area contributed by atoms with E-state index in [1.807, 2.05) is 13.8 Å². The Morgan fingerprint density at radius 1 is 1.29 bits per heavy atom. The van der Waals surface area contributed by atoms with Crippen LogP contribution in [0.15, 0.2) is 0 Å². The fourth-order valence-corrected chi connectivity index (χ4v) is 3.56. The summed E-state index contributed by atoms with van der Waals surface area (Å²) in [6.45, 7) is 5.77. The number of nitrogens with two attached hydrogens (primary N) is 1. The van der Waals surface area contributed by atoms with E-state index >= 15 is 0 Å². The molecule has 21 heavy (non-hydrogen) atoms. The molecule has 0 bridgehead atoms. The Balaban J connectivity index is 2.38. The molecular formula is C15H23N3O2S. The van der Waals surface area contributed by atoms with E-state index in [1.54, 1.807) is 7.05 Å². The second-order valence-electron chi connectivity index (χ2n) is 5.92. The van der Waals surface area contributed by atoms with E-state index in [0.717, 1.165) is 0 Å². The molecule has 1 aromatic rings. The molecule has 1 aromatic heterocycles. The molecule has 1 fully saturated rings. The summed E-state index contributed by atoms with van der Waals surface area (Å²) in [5.41, 5.74) is 6.77. The molecule has 0 aliphatic heterocycles. The third kappa shape index (κ3) is 3.20. The van der Waals surface area contributed by atoms with Crippen molar-refractivity contribution >= 4 is 33.7 Å². The van der Waals surface area contributed by atoms with Crippen LogP contribution < -0.4 is 16.4 Å². The summed E-state index contributed by atoms with van der Waals surface area (Å²) in [7, 11) is 1.57. The van der Waals surface area contributed by atoms with Gasteiger partial charge in [0, 0.05) is 19.0 Å². The number of Topliss-reactive ketones (excluding diaryl/α,β-unsaturated/α-hetero) is 1. The molecule has 2 rings (SSSR count). The molecule has 6 heteroatoms. The van der Waals surface area contributed by atoms with Gasteiger partial charge in [0.25, 0.3) is 5.91 Å². The third-order valence-corrected chi connectivity index (χ3v) is 4.99. The highest BCUT2D eigenvalue weighted by Gasteiger charge is 2.31. The number of carbonyl (C=O) groups excluding carboxylic acids is 2. The molecule has 1 unspecified atom stereocenters. The molecule has 4 N–H and O–H groups in total. The van der Waals surface area contributed by atoms with E-state index in [0.29, 0.717) is 27.0 Å². The maximum Gasteiger partial charge on any atom is 0.256 e. The lowest BCUT2D eigenvalue weighted by atomic mass is 10.1. The van der Waals surface area contributed by atoms with Crippen LogP contribution >= 0.6 is 11.3 Å². The second kappa shape index (κ2) is 6.05. The van der Waals surface area contributed by atoms with Gasteiger partial charge in [0.05, 0.1) is 16.1 Å². The van der Waals surface area contributed by atoms with Crippen molar-refractivity contribution in [1.29, 1.82) is 0 Å². The standard InChI is InChI=1S/C15H23N3O2S/c1-7(2)12(19)13-11(16)10(14(20)17-4)15(21-13)18-8(3)9-5-6-9/h7-9,18H,5-6,16H2,1-4H3,(H,17,20). The van der Waals surface area contributed by atoms with Crippen LogP contribution in [0.5, 0.6) is 0 Å². The van der Waals surface area contributed by atoms with Gasteiger partial charge in [0.2, 0.25) is 0 Å². The van der Waals surface area contributed by atoms with Crippen LogP contribution in [0, 0.1) is 11.8 Å². The zero-order valence-electron chi connectivity index (χ0n) is 12.9. The van der Waals surface area contributed by atoms with Crippen LogP contribution in [0.3, 0.4) is 0 Å². The highest BCUT2D eigenvalue weighted by Crippen LogP contribution is 2.40. The molecule has 1 saturated carbocycles. The predicted molar refractivity (Wildman–Crippen MR) is 87.1 cm³/mol. The lowest BCUT2D eigenvalue weighted by molar-refractivity contribution is 0.0944. The van der Waals surface area contributed by atoms with Crippen LogP contribution in [0.2, 0.25) is 0 Å². The van der Waals surface area contributed by atoms with E-state index in [2.05, 4.69) is 17.6 Å². The Morgan fingerprint density at radius 2 is 1.90 bits per heavy atom. The zero-order chi connectivity index (χ0) is 15.7. The van der Waals surface area contributed by atoms with Gasteiger partial charge in [-0.3, -0.25) is 9.59 Å². The quantitative estimate of drug-likeness (QED) is 0.705. The number of amides is 1. The van der Waals surface area contributed by atoms with Gasteiger partial charge >= 0.3 is 0 Å². The number of thiophene rings is 1. The van der Waals surface area contributed by atoms with Gasteiger partial charge < -0.3 is 16.4 Å². The van der Waals surface area contributed by atoms with Crippen molar-refractivity contribution < 1.29 is 9.59 Å². The summed E-state index contributed by atoms with van der Waals surface area (Å²) in [6.07, 6.45) is 2.42. The topological polar surface area (TPSA) is 84.2 Å². The number of ketones is 1. The van der Waals surface area contributed by atoms with Crippen molar-refractivity contribution in [3.8, 4) is 0 Å². The van der Waals surface area contributed by atoms with Gasteiger partial charge in [-0.15, -0.1) is 11.3 Å². The number of nitrogens with one attached hydrogen (secondary N) is 2. The van der Waals surface area contributed by atoms with Crippen LogP contribution in [0.1, 0.15) is 53.6 Å². The van der Waals surface area contributed by atoms with Crippen LogP contribution in [-0.2, 0) is 0 Å². The van der Waals surface area contributed by atoms with Crippen molar-refractivity contribution in [2.24, 2.45) is 11.8 Å². The van der Waals surface area contributed by atoms with Crippen molar-refractivity contribution in [3.63, 3.8) is 0 Å². The highest BCUT2D eigenvalue weighted by atomic mass is 32.1. The minimum atomic E-state index is -0.253. The molecule has 0 aromatic carbocycles. The SMILES string of the molecule is CNC(=O)c1c(NC(C)C2CC2)sc(C(=O)C(C)C)c1N. The first-order valence-electron chi connectivity index (χ1n) is 7.31. The number of nitrogen functional groups attached to an aromatic ring is 1. The van der Waals surface area contributed by atoms with Gasteiger partial charge in [0.15, 0.2) is 5.78 Å². The van der Waals surface area contributed by atoms with Gasteiger partial charge in [0.1, 0.15) is 5.00 Å². The smallest absolute Gasteiger partial charge is 0.256 e. The lowest BCUT2D eigenvalue weighted by Gasteiger charge is -2.14. The Kier molecular flexibility index (Phi) is 4.56. The van der Waals surface area contributed by atoms with Crippen molar-refractivity contribution in [1.82, 2.24) is 5.32 Å². The average Bonchev–Trinajstić information content (AvgIpc) is 3.23. The van der Waals surface area contributed by atoms with Gasteiger partial charge in [-0.2, -0.15) is 0 Å². The molecule has 116 valence electrons. The zero-order valence-corrected chi connectivity index (χ0v) is 13.8. The van der Waals surface area contributed by atoms with E-state index in [9.17, 15) is 9.59 Å². The number of anilines is 2. The number of rotatable bonds is 6. The highest BCUT2D eigenvalue weighted by molar-refractivity contribution is 7.19. The first kappa shape index (κ1) is 15.8. The third-order valence-electron chi connectivity index (χ3n) is 3.84. The van der Waals surface area contributed by atoms with Crippen LogP contribution in [0.4, 0.5) is 10.7 Å². The van der Waals surface area contributed by atoms with E-state index in [1.165, 1.54) is 24.2 Å². The molecule has 0 spiro atoms. The number of hydrogen-bond donors (Lipinski definition) is 3. The molecule has 0 radical (unpaired) electrons. The fourth-order valence-electron chi connectivity index (χ4n) is 2.26. The van der Waals surface area contributed by atoms with E-state index in [-0.39, 0.29) is 23.7 Å². The molecule has 1 heterocycles. The lowest BCUT2D eigenvalue weighted by Crippen LogP contribution is -2.23. The summed E-state index contributed by atoms with van der Waals surface area (Å²) in [4.78, 5) is 24.8. The van der Waals surface area contributed by atoms with Crippen molar-refractivity contribution in [3.05, 3.63) is 10.4 Å². The molecular weight excluding hydrogens is 286 g/mol.